The van der Waals surface area contributed by atoms with E-state index in [0.29, 0.717) is 34.7 Å². The number of hydrogen-bond acceptors (Lipinski definition) is 4. The van der Waals surface area contributed by atoms with Gasteiger partial charge in [0.15, 0.2) is 11.5 Å². The van der Waals surface area contributed by atoms with Crippen LogP contribution in [0.3, 0.4) is 0 Å². The average molecular weight is 463 g/mol. The monoisotopic (exact) mass is 462 g/mol. The molecule has 31 heavy (non-hydrogen) atoms. The van der Waals surface area contributed by atoms with Crippen LogP contribution in [0.5, 0.6) is 11.5 Å². The number of halogens is 2. The van der Waals surface area contributed by atoms with Crippen molar-refractivity contribution in [1.82, 2.24) is 9.80 Å². The lowest BCUT2D eigenvalue weighted by molar-refractivity contribution is 0.0726. The Hall–Kier alpha value is -1.95. The van der Waals surface area contributed by atoms with Crippen LogP contribution in [-0.4, -0.2) is 48.2 Å². The molecule has 0 bridgehead atoms. The zero-order valence-corrected chi connectivity index (χ0v) is 19.3. The standard InChI is InChI=1S/C24H28Cl2N2O3/c1-17-5-2-3-10-27(17)11-4-12-28(24(29)19-7-8-20(25)21(26)14-19)15-18-6-9-22-23(13-18)31-16-30-22/h6-9,13-14,17H,2-5,10-12,15-16H2,1H3. The van der Waals surface area contributed by atoms with Gasteiger partial charge in [-0.3, -0.25) is 4.79 Å². The third-order valence-corrected chi connectivity index (χ3v) is 6.82. The van der Waals surface area contributed by atoms with Gasteiger partial charge in [-0.1, -0.05) is 35.7 Å². The fraction of sp³-hybridized carbons (Fsp3) is 0.458. The van der Waals surface area contributed by atoms with Gasteiger partial charge in [-0.2, -0.15) is 0 Å². The van der Waals surface area contributed by atoms with Crippen molar-refractivity contribution in [3.05, 3.63) is 57.6 Å². The third-order valence-electron chi connectivity index (χ3n) is 6.08. The third kappa shape index (κ3) is 5.46. The van der Waals surface area contributed by atoms with Gasteiger partial charge in [-0.15, -0.1) is 0 Å². The average Bonchev–Trinajstić information content (AvgIpc) is 3.23. The van der Waals surface area contributed by atoms with Crippen molar-refractivity contribution in [2.75, 3.05) is 26.4 Å². The van der Waals surface area contributed by atoms with Crippen LogP contribution in [0.15, 0.2) is 36.4 Å². The molecule has 0 saturated carbocycles. The van der Waals surface area contributed by atoms with Crippen LogP contribution in [0.25, 0.3) is 0 Å². The topological polar surface area (TPSA) is 42.0 Å². The zero-order chi connectivity index (χ0) is 21.8. The summed E-state index contributed by atoms with van der Waals surface area (Å²) in [4.78, 5) is 17.8. The summed E-state index contributed by atoms with van der Waals surface area (Å²) >= 11 is 12.2. The molecule has 1 amide bonds. The molecule has 1 unspecified atom stereocenters. The van der Waals surface area contributed by atoms with Crippen LogP contribution in [0.2, 0.25) is 10.0 Å². The lowest BCUT2D eigenvalue weighted by atomic mass is 10.0. The molecule has 5 nitrogen and oxygen atoms in total. The molecule has 0 aromatic heterocycles. The molecular weight excluding hydrogens is 435 g/mol. The van der Waals surface area contributed by atoms with E-state index in [2.05, 4.69) is 11.8 Å². The Morgan fingerprint density at radius 3 is 2.74 bits per heavy atom. The molecule has 0 radical (unpaired) electrons. The Labute approximate surface area is 193 Å². The van der Waals surface area contributed by atoms with E-state index in [1.54, 1.807) is 18.2 Å². The molecule has 2 aliphatic rings. The number of nitrogens with zero attached hydrogens (tertiary/aromatic N) is 2. The summed E-state index contributed by atoms with van der Waals surface area (Å²) in [6.07, 6.45) is 4.74. The maximum absolute atomic E-state index is 13.3. The summed E-state index contributed by atoms with van der Waals surface area (Å²) in [6.45, 7) is 5.82. The van der Waals surface area contributed by atoms with Gasteiger partial charge < -0.3 is 19.3 Å². The molecule has 0 N–H and O–H groups in total. The minimum atomic E-state index is -0.0528. The predicted molar refractivity (Wildman–Crippen MR) is 123 cm³/mol. The van der Waals surface area contributed by atoms with E-state index < -0.39 is 0 Å². The molecule has 1 atom stereocenters. The largest absolute Gasteiger partial charge is 0.454 e. The van der Waals surface area contributed by atoms with Crippen LogP contribution in [-0.2, 0) is 6.54 Å². The summed E-state index contributed by atoms with van der Waals surface area (Å²) in [5, 5.41) is 0.831. The first-order valence-electron chi connectivity index (χ1n) is 10.9. The number of ether oxygens (including phenoxy) is 2. The van der Waals surface area contributed by atoms with E-state index in [4.69, 9.17) is 32.7 Å². The van der Waals surface area contributed by atoms with Crippen molar-refractivity contribution in [3.63, 3.8) is 0 Å². The van der Waals surface area contributed by atoms with Gasteiger partial charge in [-0.05, 0) is 68.6 Å². The highest BCUT2D eigenvalue weighted by Crippen LogP contribution is 2.33. The molecule has 1 saturated heterocycles. The Kier molecular flexibility index (Phi) is 7.26. The number of fused-ring (bicyclic) bond motifs is 1. The SMILES string of the molecule is CC1CCCCN1CCCN(Cc1ccc2c(c1)OCO2)C(=O)c1ccc(Cl)c(Cl)c1. The number of likely N-dealkylation sites (tertiary alicyclic amines) is 1. The van der Waals surface area contributed by atoms with Crippen LogP contribution in [0.4, 0.5) is 0 Å². The van der Waals surface area contributed by atoms with Gasteiger partial charge in [0, 0.05) is 31.2 Å². The first-order valence-corrected chi connectivity index (χ1v) is 11.6. The molecule has 4 rings (SSSR count). The molecule has 2 aliphatic heterocycles. The maximum Gasteiger partial charge on any atom is 0.254 e. The van der Waals surface area contributed by atoms with Crippen molar-refractivity contribution in [1.29, 1.82) is 0 Å². The molecule has 2 heterocycles. The van der Waals surface area contributed by atoms with E-state index in [1.807, 2.05) is 23.1 Å². The Bertz CT molecular complexity index is 937. The van der Waals surface area contributed by atoms with Crippen molar-refractivity contribution >= 4 is 29.1 Å². The molecule has 2 aromatic rings. The van der Waals surface area contributed by atoms with E-state index >= 15 is 0 Å². The van der Waals surface area contributed by atoms with Gasteiger partial charge >= 0.3 is 0 Å². The zero-order valence-electron chi connectivity index (χ0n) is 17.8. The molecular formula is C24H28Cl2N2O3. The lowest BCUT2D eigenvalue weighted by Crippen LogP contribution is -2.40. The van der Waals surface area contributed by atoms with Gasteiger partial charge in [0.1, 0.15) is 0 Å². The number of benzene rings is 2. The minimum absolute atomic E-state index is 0.0528. The second kappa shape index (κ2) is 10.1. The highest BCUT2D eigenvalue weighted by atomic mass is 35.5. The summed E-state index contributed by atoms with van der Waals surface area (Å²) in [7, 11) is 0. The summed E-state index contributed by atoms with van der Waals surface area (Å²) < 4.78 is 10.9. The molecule has 1 fully saturated rings. The number of rotatable bonds is 7. The van der Waals surface area contributed by atoms with Crippen LogP contribution in [0.1, 0.15) is 48.5 Å². The van der Waals surface area contributed by atoms with Crippen LogP contribution in [0, 0.1) is 0 Å². The van der Waals surface area contributed by atoms with Gasteiger partial charge in [0.25, 0.3) is 5.91 Å². The van der Waals surface area contributed by atoms with Crippen molar-refractivity contribution in [3.8, 4) is 11.5 Å². The summed E-state index contributed by atoms with van der Waals surface area (Å²) in [5.74, 6) is 1.41. The maximum atomic E-state index is 13.3. The molecule has 7 heteroatoms. The van der Waals surface area contributed by atoms with Gasteiger partial charge in [0.05, 0.1) is 10.0 Å². The Morgan fingerprint density at radius 1 is 1.10 bits per heavy atom. The molecule has 0 aliphatic carbocycles. The molecule has 2 aromatic carbocycles. The van der Waals surface area contributed by atoms with E-state index in [1.165, 1.54) is 19.3 Å². The van der Waals surface area contributed by atoms with Crippen LogP contribution < -0.4 is 9.47 Å². The number of carbonyl (C=O) groups is 1. The number of piperidine rings is 1. The van der Waals surface area contributed by atoms with E-state index in [-0.39, 0.29) is 12.7 Å². The molecule has 0 spiro atoms. The number of hydrogen-bond donors (Lipinski definition) is 0. The van der Waals surface area contributed by atoms with Gasteiger partial charge in [0.2, 0.25) is 6.79 Å². The first-order chi connectivity index (χ1) is 15.0. The minimum Gasteiger partial charge on any atom is -0.454 e. The first kappa shape index (κ1) is 22.3. The lowest BCUT2D eigenvalue weighted by Gasteiger charge is -2.34. The highest BCUT2D eigenvalue weighted by Gasteiger charge is 2.21. The quantitative estimate of drug-likeness (QED) is 0.534. The van der Waals surface area contributed by atoms with Crippen molar-refractivity contribution in [2.45, 2.75) is 45.2 Å². The van der Waals surface area contributed by atoms with Crippen molar-refractivity contribution in [2.24, 2.45) is 0 Å². The van der Waals surface area contributed by atoms with E-state index in [9.17, 15) is 4.79 Å². The van der Waals surface area contributed by atoms with Crippen LogP contribution >= 0.6 is 23.2 Å². The summed E-state index contributed by atoms with van der Waals surface area (Å²) in [6, 6.07) is 11.5. The van der Waals surface area contributed by atoms with E-state index in [0.717, 1.165) is 36.6 Å². The smallest absolute Gasteiger partial charge is 0.254 e. The van der Waals surface area contributed by atoms with Crippen molar-refractivity contribution < 1.29 is 14.3 Å². The Morgan fingerprint density at radius 2 is 1.94 bits per heavy atom. The summed E-state index contributed by atoms with van der Waals surface area (Å²) in [5.41, 5.74) is 1.55. The number of carbonyl (C=O) groups excluding carboxylic acids is 1. The second-order valence-electron chi connectivity index (χ2n) is 8.28. The van der Waals surface area contributed by atoms with Gasteiger partial charge in [-0.25, -0.2) is 0 Å². The number of amides is 1. The highest BCUT2D eigenvalue weighted by molar-refractivity contribution is 6.42. The second-order valence-corrected chi connectivity index (χ2v) is 9.09. The molecule has 166 valence electrons. The fourth-order valence-corrected chi connectivity index (χ4v) is 4.58. The predicted octanol–water partition coefficient (Wildman–Crippen LogP) is 5.63. The normalized spacial score (nSPS) is 18.2. The Balaban J connectivity index is 1.48. The fourth-order valence-electron chi connectivity index (χ4n) is 4.28.